The van der Waals surface area contributed by atoms with E-state index in [0.717, 1.165) is 25.0 Å². The number of hydrogen-bond donors (Lipinski definition) is 1. The van der Waals surface area contributed by atoms with Gasteiger partial charge in [0.1, 0.15) is 5.69 Å². The Morgan fingerprint density at radius 3 is 2.44 bits per heavy atom. The number of nitrogens with two attached hydrogens (primary N) is 1. The highest BCUT2D eigenvalue weighted by atomic mass is 16.1. The molecule has 0 aromatic carbocycles. The first-order valence-electron chi connectivity index (χ1n) is 7.08. The Kier molecular flexibility index (Phi) is 3.83. The largest absolute Gasteiger partial charge is 0.393 e. The summed E-state index contributed by atoms with van der Waals surface area (Å²) in [6.07, 6.45) is 6.83. The lowest BCUT2D eigenvalue weighted by Gasteiger charge is -2.24. The zero-order chi connectivity index (χ0) is 13.3. The summed E-state index contributed by atoms with van der Waals surface area (Å²) in [6.45, 7) is 4.31. The minimum absolute atomic E-state index is 0.0139. The molecule has 0 unspecified atom stereocenters. The zero-order valence-corrected chi connectivity index (χ0v) is 11.8. The molecule has 0 radical (unpaired) electrons. The molecule has 1 saturated carbocycles. The SMILES string of the molecule is CC(C)Cc1c(N)c(=O)n(C2CCCCC2)n1C. The van der Waals surface area contributed by atoms with E-state index in [1.807, 2.05) is 16.4 Å². The van der Waals surface area contributed by atoms with Crippen molar-refractivity contribution in [1.29, 1.82) is 0 Å². The third-order valence-electron chi connectivity index (χ3n) is 3.99. The van der Waals surface area contributed by atoms with Crippen molar-refractivity contribution >= 4 is 5.69 Å². The average Bonchev–Trinajstić information content (AvgIpc) is 2.54. The van der Waals surface area contributed by atoms with Gasteiger partial charge in [-0.2, -0.15) is 0 Å². The monoisotopic (exact) mass is 251 g/mol. The summed E-state index contributed by atoms with van der Waals surface area (Å²) in [7, 11) is 1.98. The van der Waals surface area contributed by atoms with E-state index in [9.17, 15) is 4.79 Å². The van der Waals surface area contributed by atoms with E-state index in [-0.39, 0.29) is 5.56 Å². The van der Waals surface area contributed by atoms with Crippen LogP contribution in [0, 0.1) is 5.92 Å². The Morgan fingerprint density at radius 2 is 1.89 bits per heavy atom. The fraction of sp³-hybridized carbons (Fsp3) is 0.786. The lowest BCUT2D eigenvalue weighted by Crippen LogP contribution is -2.28. The Morgan fingerprint density at radius 1 is 1.28 bits per heavy atom. The van der Waals surface area contributed by atoms with Crippen molar-refractivity contribution in [3.05, 3.63) is 16.0 Å². The van der Waals surface area contributed by atoms with Gasteiger partial charge in [0, 0.05) is 7.05 Å². The average molecular weight is 251 g/mol. The van der Waals surface area contributed by atoms with Gasteiger partial charge in [0.05, 0.1) is 11.7 Å². The minimum atomic E-state index is 0.0139. The molecule has 0 atom stereocenters. The highest BCUT2D eigenvalue weighted by molar-refractivity contribution is 5.42. The van der Waals surface area contributed by atoms with Gasteiger partial charge in [-0.15, -0.1) is 0 Å². The van der Waals surface area contributed by atoms with E-state index in [4.69, 9.17) is 5.73 Å². The third-order valence-corrected chi connectivity index (χ3v) is 3.99. The van der Waals surface area contributed by atoms with E-state index in [1.54, 1.807) is 0 Å². The van der Waals surface area contributed by atoms with Crippen molar-refractivity contribution < 1.29 is 0 Å². The molecule has 1 heterocycles. The Labute approximate surface area is 109 Å². The maximum atomic E-state index is 12.3. The topological polar surface area (TPSA) is 53.0 Å². The molecule has 1 aromatic rings. The first-order valence-corrected chi connectivity index (χ1v) is 7.08. The van der Waals surface area contributed by atoms with Gasteiger partial charge in [0.2, 0.25) is 0 Å². The van der Waals surface area contributed by atoms with Crippen LogP contribution in [0.4, 0.5) is 5.69 Å². The number of rotatable bonds is 3. The third kappa shape index (κ3) is 2.33. The maximum Gasteiger partial charge on any atom is 0.290 e. The number of nitrogens with zero attached hydrogens (tertiary/aromatic N) is 2. The van der Waals surface area contributed by atoms with Crippen molar-refractivity contribution in [1.82, 2.24) is 9.36 Å². The van der Waals surface area contributed by atoms with Crippen LogP contribution < -0.4 is 11.3 Å². The molecule has 0 aliphatic heterocycles. The lowest BCUT2D eigenvalue weighted by atomic mass is 9.96. The van der Waals surface area contributed by atoms with Crippen LogP contribution in [-0.2, 0) is 13.5 Å². The fourth-order valence-electron chi connectivity index (χ4n) is 3.05. The maximum absolute atomic E-state index is 12.3. The van der Waals surface area contributed by atoms with Crippen LogP contribution in [0.1, 0.15) is 57.7 Å². The Bertz CT molecular complexity index is 464. The van der Waals surface area contributed by atoms with Crippen molar-refractivity contribution in [3.8, 4) is 0 Å². The summed E-state index contributed by atoms with van der Waals surface area (Å²) in [5.41, 5.74) is 7.47. The summed E-state index contributed by atoms with van der Waals surface area (Å²) < 4.78 is 3.90. The van der Waals surface area contributed by atoms with Gasteiger partial charge in [-0.1, -0.05) is 33.1 Å². The second kappa shape index (κ2) is 5.21. The summed E-state index contributed by atoms with van der Waals surface area (Å²) in [6, 6.07) is 0.347. The van der Waals surface area contributed by atoms with Crippen LogP contribution in [0.5, 0.6) is 0 Å². The first kappa shape index (κ1) is 13.2. The molecule has 1 fully saturated rings. The number of anilines is 1. The standard InChI is InChI=1S/C14H25N3O/c1-10(2)9-12-13(15)14(18)17(16(12)3)11-7-5-4-6-8-11/h10-11H,4-9,15H2,1-3H3. The van der Waals surface area contributed by atoms with E-state index in [1.165, 1.54) is 19.3 Å². The van der Waals surface area contributed by atoms with Crippen LogP contribution in [0.25, 0.3) is 0 Å². The molecule has 0 spiro atoms. The molecular formula is C14H25N3O. The summed E-state index contributed by atoms with van der Waals surface area (Å²) in [5, 5.41) is 0. The molecule has 0 amide bonds. The molecule has 4 heteroatoms. The smallest absolute Gasteiger partial charge is 0.290 e. The van der Waals surface area contributed by atoms with E-state index < -0.39 is 0 Å². The fourth-order valence-corrected chi connectivity index (χ4v) is 3.05. The quantitative estimate of drug-likeness (QED) is 0.897. The molecule has 1 aliphatic carbocycles. The van der Waals surface area contributed by atoms with Gasteiger partial charge in [0.15, 0.2) is 0 Å². The number of nitrogen functional groups attached to an aromatic ring is 1. The molecule has 0 saturated heterocycles. The second-order valence-corrected chi connectivity index (χ2v) is 5.92. The van der Waals surface area contributed by atoms with Gasteiger partial charge in [-0.3, -0.25) is 9.48 Å². The van der Waals surface area contributed by atoms with Crippen LogP contribution in [0.3, 0.4) is 0 Å². The van der Waals surface area contributed by atoms with Crippen LogP contribution in [0.2, 0.25) is 0 Å². The van der Waals surface area contributed by atoms with E-state index in [2.05, 4.69) is 13.8 Å². The van der Waals surface area contributed by atoms with Gasteiger partial charge >= 0.3 is 0 Å². The Balaban J connectivity index is 2.38. The zero-order valence-electron chi connectivity index (χ0n) is 11.8. The lowest BCUT2D eigenvalue weighted by molar-refractivity contribution is 0.291. The predicted octanol–water partition coefficient (Wildman–Crippen LogP) is 2.47. The summed E-state index contributed by atoms with van der Waals surface area (Å²) in [5.74, 6) is 0.514. The molecule has 1 aliphatic rings. The van der Waals surface area contributed by atoms with Crippen LogP contribution in [-0.4, -0.2) is 9.36 Å². The van der Waals surface area contributed by atoms with Crippen molar-refractivity contribution in [3.63, 3.8) is 0 Å². The molecule has 2 N–H and O–H groups in total. The predicted molar refractivity (Wildman–Crippen MR) is 74.7 cm³/mol. The highest BCUT2D eigenvalue weighted by Gasteiger charge is 2.23. The van der Waals surface area contributed by atoms with E-state index in [0.29, 0.717) is 17.6 Å². The van der Waals surface area contributed by atoms with Gasteiger partial charge in [0.25, 0.3) is 5.56 Å². The normalized spacial score (nSPS) is 17.6. The second-order valence-electron chi connectivity index (χ2n) is 5.92. The molecule has 1 aromatic heterocycles. The summed E-state index contributed by atoms with van der Waals surface area (Å²) in [4.78, 5) is 12.3. The van der Waals surface area contributed by atoms with Crippen molar-refractivity contribution in [2.24, 2.45) is 13.0 Å². The molecule has 2 rings (SSSR count). The molecule has 102 valence electrons. The van der Waals surface area contributed by atoms with Crippen molar-refractivity contribution in [2.45, 2.75) is 58.4 Å². The number of aromatic nitrogens is 2. The number of hydrogen-bond acceptors (Lipinski definition) is 2. The molecular weight excluding hydrogens is 226 g/mol. The van der Waals surface area contributed by atoms with Crippen LogP contribution >= 0.6 is 0 Å². The minimum Gasteiger partial charge on any atom is -0.393 e. The van der Waals surface area contributed by atoms with Crippen LogP contribution in [0.15, 0.2) is 4.79 Å². The Hall–Kier alpha value is -1.19. The first-order chi connectivity index (χ1) is 8.52. The summed E-state index contributed by atoms with van der Waals surface area (Å²) >= 11 is 0. The van der Waals surface area contributed by atoms with Gasteiger partial charge < -0.3 is 5.73 Å². The molecule has 18 heavy (non-hydrogen) atoms. The molecule has 4 nitrogen and oxygen atoms in total. The molecule has 0 bridgehead atoms. The van der Waals surface area contributed by atoms with Gasteiger partial charge in [-0.05, 0) is 25.2 Å². The van der Waals surface area contributed by atoms with E-state index >= 15 is 0 Å². The van der Waals surface area contributed by atoms with Crippen molar-refractivity contribution in [2.75, 3.05) is 5.73 Å². The highest BCUT2D eigenvalue weighted by Crippen LogP contribution is 2.28. The van der Waals surface area contributed by atoms with Gasteiger partial charge in [-0.25, -0.2) is 4.68 Å².